The van der Waals surface area contributed by atoms with Crippen LogP contribution in [-0.4, -0.2) is 120 Å². The van der Waals surface area contributed by atoms with Crippen molar-refractivity contribution in [2.45, 2.75) is 257 Å². The molecule has 0 aliphatic rings. The number of thiophene rings is 14. The number of aryl methyl sites for hydroxylation is 8. The number of pyridine rings is 2. The summed E-state index contributed by atoms with van der Waals surface area (Å²) in [6.45, 7) is 6.61. The molecule has 17 aromatic rings. The van der Waals surface area contributed by atoms with E-state index in [1.165, 1.54) is 335 Å². The van der Waals surface area contributed by atoms with Crippen molar-refractivity contribution in [1.29, 1.82) is 0 Å². The van der Waals surface area contributed by atoms with Crippen molar-refractivity contribution in [2.75, 3.05) is 110 Å². The van der Waals surface area contributed by atoms with Gasteiger partial charge in [-0.3, -0.25) is 9.97 Å². The van der Waals surface area contributed by atoms with E-state index in [-0.39, 0.29) is 0 Å². The van der Waals surface area contributed by atoms with Crippen LogP contribution in [0, 0.1) is 0 Å². The van der Waals surface area contributed by atoms with Crippen LogP contribution in [0.5, 0.6) is 0 Å². The molecule has 148 heavy (non-hydrogen) atoms. The van der Waals surface area contributed by atoms with E-state index in [1.807, 2.05) is 216 Å². The van der Waals surface area contributed by atoms with Crippen LogP contribution < -0.4 is 0 Å². The van der Waals surface area contributed by atoms with Gasteiger partial charge in [0.1, 0.15) is 0 Å². The predicted octanol–water partition coefficient (Wildman–Crippen LogP) is 41.0. The highest BCUT2D eigenvalue weighted by Gasteiger charge is 2.31. The van der Waals surface area contributed by atoms with Crippen LogP contribution in [0.3, 0.4) is 0 Å². The minimum absolute atomic E-state index is 0.826. The smallest absolute Gasteiger partial charge is 0.0971 e. The maximum Gasteiger partial charge on any atom is 0.0971 e. The van der Waals surface area contributed by atoms with Gasteiger partial charge in [-0.2, -0.15) is 0 Å². The van der Waals surface area contributed by atoms with Crippen molar-refractivity contribution in [1.82, 2.24) is 9.97 Å². The molecule has 0 fully saturated rings. The van der Waals surface area contributed by atoms with Gasteiger partial charge >= 0.3 is 0 Å². The molecule has 0 aliphatic heterocycles. The van der Waals surface area contributed by atoms with Gasteiger partial charge < -0.3 is 37.9 Å². The number of nitrogens with zero attached hydrogens (tertiary/aromatic N) is 2. The van der Waals surface area contributed by atoms with E-state index >= 15 is 0 Å². The van der Waals surface area contributed by atoms with Crippen molar-refractivity contribution >= 4 is 181 Å². The maximum atomic E-state index is 5.50. The zero-order valence-electron chi connectivity index (χ0n) is 88.0. The van der Waals surface area contributed by atoms with Gasteiger partial charge in [0.05, 0.1) is 40.3 Å². The molecule has 16 aromatic heterocycles. The number of methoxy groups -OCH3 is 8. The van der Waals surface area contributed by atoms with Crippen molar-refractivity contribution in [3.05, 3.63) is 209 Å². The molecule has 0 unspecified atom stereocenters. The first kappa shape index (κ1) is 113. The van der Waals surface area contributed by atoms with Crippen LogP contribution in [0.2, 0.25) is 0 Å². The third-order valence-electron chi connectivity index (χ3n) is 27.9. The van der Waals surface area contributed by atoms with Gasteiger partial charge in [-0.15, -0.1) is 159 Å². The first-order valence-corrected chi connectivity index (χ1v) is 65.7. The topological polar surface area (TPSA) is 99.6 Å². The fourth-order valence-electron chi connectivity index (χ4n) is 19.9. The minimum atomic E-state index is 0.826. The predicted molar refractivity (Wildman–Crippen MR) is 656 cm³/mol. The molecule has 0 amide bonds. The quantitative estimate of drug-likeness (QED) is 0.0271. The summed E-state index contributed by atoms with van der Waals surface area (Å²) in [6, 6.07) is 63.8. The van der Waals surface area contributed by atoms with Crippen LogP contribution in [0.1, 0.15) is 244 Å². The summed E-state index contributed by atoms with van der Waals surface area (Å²) in [5.41, 5.74) is 12.1. The highest BCUT2D eigenvalue weighted by molar-refractivity contribution is 7.31. The molecule has 0 aliphatic carbocycles. The van der Waals surface area contributed by atoms with E-state index in [1.54, 1.807) is 0 Å². The molecule has 16 heterocycles. The molecule has 786 valence electrons. The first-order chi connectivity index (χ1) is 73.1. The van der Waals surface area contributed by atoms with Crippen LogP contribution in [0.15, 0.2) is 170 Å². The third-order valence-corrected chi connectivity index (χ3v) is 45.3. The normalized spacial score (nSPS) is 11.9. The van der Waals surface area contributed by atoms with Crippen LogP contribution in [0.25, 0.3) is 164 Å². The summed E-state index contributed by atoms with van der Waals surface area (Å²) >= 11 is 27.9. The lowest BCUT2D eigenvalue weighted by atomic mass is 10.0. The van der Waals surface area contributed by atoms with E-state index in [2.05, 4.69) is 170 Å². The van der Waals surface area contributed by atoms with E-state index < -0.39 is 0 Å². The SMILES string of the molecule is COCCCCCCc1ccc(-c2cc(-c3cc(-c4ccnc5c4ccc4c(-c6cc(-c7cc(-c8ccc(CCCCCCOC)s8)c(-c8ccc(CCCCCCOC)s8)s7)c(-c7cc(-c8ccc(CCCCCCOC)s8)c(-c8ccc(CCCCCCOC)s8)s7)s6)ccnc45)sc3-c3cc(-c4ccc(CCCCCCOC)s4)c(-c4ccc(CCCCCCOC)s4)s3)sc2-c2ccc(CCCCCCOC)s2)s1. The number of ether oxygens (including phenoxy) is 8. The molecule has 0 bridgehead atoms. The van der Waals surface area contributed by atoms with Crippen molar-refractivity contribution in [3.63, 3.8) is 0 Å². The number of hydrogen-bond acceptors (Lipinski definition) is 24. The van der Waals surface area contributed by atoms with E-state index in [9.17, 15) is 0 Å². The zero-order valence-corrected chi connectivity index (χ0v) is 99.4. The highest BCUT2D eigenvalue weighted by atomic mass is 32.2. The number of aromatic nitrogens is 2. The van der Waals surface area contributed by atoms with Crippen LogP contribution in [0.4, 0.5) is 0 Å². The van der Waals surface area contributed by atoms with Crippen LogP contribution in [-0.2, 0) is 89.3 Å². The molecular weight excluding hydrogens is 2090 g/mol. The Kier molecular flexibility index (Phi) is 45.7. The lowest BCUT2D eigenvalue weighted by molar-refractivity contribution is 0.192. The maximum absolute atomic E-state index is 5.50. The Morgan fingerprint density at radius 3 is 0.541 bits per heavy atom. The summed E-state index contributed by atoms with van der Waals surface area (Å²) in [6.07, 6.45) is 50.3. The van der Waals surface area contributed by atoms with Gasteiger partial charge in [-0.25, -0.2) is 0 Å². The van der Waals surface area contributed by atoms with Crippen molar-refractivity contribution in [2.24, 2.45) is 0 Å². The van der Waals surface area contributed by atoms with Gasteiger partial charge in [-0.05, 0) is 300 Å². The Bertz CT molecular complexity index is 5820. The molecule has 0 saturated carbocycles. The molecule has 17 rings (SSSR count). The molecule has 0 N–H and O–H groups in total. The molecule has 1 aromatic carbocycles. The number of benzene rings is 1. The van der Waals surface area contributed by atoms with Crippen molar-refractivity contribution < 1.29 is 37.9 Å². The van der Waals surface area contributed by atoms with E-state index in [4.69, 9.17) is 47.9 Å². The summed E-state index contributed by atoms with van der Waals surface area (Å²) in [5, 5.41) is 2.20. The Morgan fingerprint density at radius 2 is 0.324 bits per heavy atom. The van der Waals surface area contributed by atoms with Gasteiger partial charge in [0, 0.05) is 285 Å². The fourth-order valence-corrected chi connectivity index (χ4v) is 36.7. The molecule has 0 radical (unpaired) electrons. The summed E-state index contributed by atoms with van der Waals surface area (Å²) < 4.78 is 43.7. The monoisotopic (exact) mass is 2240 g/mol. The van der Waals surface area contributed by atoms with Gasteiger partial charge in [0.2, 0.25) is 0 Å². The number of fused-ring (bicyclic) bond motifs is 3. The summed E-state index contributed by atoms with van der Waals surface area (Å²) in [7, 11) is 14.6. The Labute approximate surface area is 936 Å². The lowest BCUT2D eigenvalue weighted by Gasteiger charge is -2.09. The van der Waals surface area contributed by atoms with E-state index in [0.29, 0.717) is 0 Å². The second-order valence-electron chi connectivity index (χ2n) is 39.1. The van der Waals surface area contributed by atoms with Crippen molar-refractivity contribution in [3.8, 4) is 142 Å². The highest BCUT2D eigenvalue weighted by Crippen LogP contribution is 2.60. The third kappa shape index (κ3) is 30.9. The Morgan fingerprint density at radius 1 is 0.155 bits per heavy atom. The molecule has 0 saturated heterocycles. The van der Waals surface area contributed by atoms with E-state index in [0.717, 1.165) is 177 Å². The Hall–Kier alpha value is -6.48. The standard InChI is InChI=1S/C124H148N2O8S14/c1-127-71-33-17-9-25-41-85-49-59-103(135-85)97-79-113(145-119(97)107-63-53-89(139-107)45-29-13-21-37-75-131-5)101-81-111(143-123(101)115-83-99(105-61-51-87(137-105)43-27-11-19-35-73-129-3)121(147-115)109-65-55-91(141-109)47-31-15-23-39-77-133-7)93-67-69-125-117-95(93)57-58-96-94(68-70-126-118(96)117)112-82-102(114-80-98(104-60-50-86(136-104)42-26-10-18-34-72-128-2)120(146-114)108-64-54-90(140-108)46-30-14-22-38-76-132-6)124(144-112)116-84-100(106-62-52-88(138-106)44-28-12-20-36-74-130-4)122(148-116)110-66-56-92(142-110)48-32-16-24-40-78-134-8/h49-70,79-84H,9-48,71-78H2,1-8H3. The number of unbranched alkanes of at least 4 members (excludes halogenated alkanes) is 24. The molecule has 24 heteroatoms. The van der Waals surface area contributed by atoms with Gasteiger partial charge in [-0.1, -0.05) is 115 Å². The number of hydrogen-bond donors (Lipinski definition) is 0. The minimum Gasteiger partial charge on any atom is -0.385 e. The molecule has 10 nitrogen and oxygen atoms in total. The average molecular weight is 2240 g/mol. The number of rotatable bonds is 70. The lowest BCUT2D eigenvalue weighted by Crippen LogP contribution is -1.89. The second kappa shape index (κ2) is 60.0. The largest absolute Gasteiger partial charge is 0.385 e. The summed E-state index contributed by atoms with van der Waals surface area (Å²) in [5.74, 6) is 0. The summed E-state index contributed by atoms with van der Waals surface area (Å²) in [4.78, 5) is 49.2. The first-order valence-electron chi connectivity index (χ1n) is 54.2. The molecule has 0 spiro atoms. The molecule has 0 atom stereocenters. The second-order valence-corrected chi connectivity index (χ2v) is 54.7. The fraction of sp³-hybridized carbons (Fsp3) is 0.452. The Balaban J connectivity index is 0.808. The van der Waals surface area contributed by atoms with Gasteiger partial charge in [0.15, 0.2) is 0 Å². The van der Waals surface area contributed by atoms with Crippen LogP contribution >= 0.6 is 159 Å². The average Bonchev–Trinajstić information content (AvgIpc) is 1.56. The zero-order chi connectivity index (χ0) is 102. The molecular formula is C124H148N2O8S14. The van der Waals surface area contributed by atoms with Gasteiger partial charge in [0.25, 0.3) is 0 Å².